The molecule has 1 heterocycles. The van der Waals surface area contributed by atoms with Crippen LogP contribution in [-0.2, 0) is 0 Å². The van der Waals surface area contributed by atoms with E-state index in [2.05, 4.69) is 11.1 Å². The number of aromatic nitrogens is 2. The number of nitrogens with two attached hydrogens (primary N) is 1. The van der Waals surface area contributed by atoms with Crippen molar-refractivity contribution in [2.75, 3.05) is 5.73 Å². The molecule has 1 aromatic heterocycles. The monoisotopic (exact) mass is 289 g/mol. The summed E-state index contributed by atoms with van der Waals surface area (Å²) in [6.07, 6.45) is 0. The van der Waals surface area contributed by atoms with E-state index in [1.807, 2.05) is 26.0 Å². The second-order valence-electron chi connectivity index (χ2n) is 4.85. The molecule has 0 saturated carbocycles. The van der Waals surface area contributed by atoms with Gasteiger partial charge in [0.25, 0.3) is 0 Å². The molecule has 0 amide bonds. The number of hydrogen-bond acceptors (Lipinski definition) is 2. The van der Waals surface area contributed by atoms with Crippen molar-refractivity contribution in [3.8, 4) is 5.69 Å². The molecular weight excluding hydrogens is 277 g/mol. The number of imidazole rings is 1. The number of nitrogen functional groups attached to an aromatic ring is 1. The number of nitrogens with zero attached hydrogens (tertiary/aromatic N) is 2. The Bertz CT molecular complexity index is 824. The Labute approximate surface area is 120 Å². The zero-order chi connectivity index (χ0) is 14.4. The fraction of sp³-hybridized carbons (Fsp3) is 0.133. The summed E-state index contributed by atoms with van der Waals surface area (Å²) in [5.41, 5.74) is 10.3. The minimum atomic E-state index is -0.496. The molecular formula is C15H13ClFN3. The van der Waals surface area contributed by atoms with E-state index in [0.29, 0.717) is 17.0 Å². The molecule has 2 N–H and O–H groups in total. The molecule has 0 saturated heterocycles. The number of rotatable bonds is 1. The van der Waals surface area contributed by atoms with E-state index in [1.54, 1.807) is 10.6 Å². The van der Waals surface area contributed by atoms with Gasteiger partial charge in [-0.05, 0) is 31.5 Å². The molecule has 20 heavy (non-hydrogen) atoms. The maximum Gasteiger partial charge on any atom is 0.205 e. The molecule has 2 aromatic carbocycles. The summed E-state index contributed by atoms with van der Waals surface area (Å²) >= 11 is 5.86. The SMILES string of the molecule is Cc1ccc(-n2c(N)nc3cc(F)c(Cl)cc32)c(C)c1. The third-order valence-electron chi connectivity index (χ3n) is 3.32. The Morgan fingerprint density at radius 3 is 2.65 bits per heavy atom. The summed E-state index contributed by atoms with van der Waals surface area (Å²) < 4.78 is 15.3. The van der Waals surface area contributed by atoms with Crippen LogP contribution in [0.25, 0.3) is 16.7 Å². The molecule has 0 atom stereocenters. The van der Waals surface area contributed by atoms with Gasteiger partial charge in [-0.2, -0.15) is 0 Å². The molecule has 0 fully saturated rings. The van der Waals surface area contributed by atoms with Crippen LogP contribution in [0.4, 0.5) is 10.3 Å². The molecule has 0 unspecified atom stereocenters. The lowest BCUT2D eigenvalue weighted by Crippen LogP contribution is -2.02. The minimum Gasteiger partial charge on any atom is -0.369 e. The highest BCUT2D eigenvalue weighted by Crippen LogP contribution is 2.29. The molecule has 3 nitrogen and oxygen atoms in total. The van der Waals surface area contributed by atoms with Gasteiger partial charge >= 0.3 is 0 Å². The van der Waals surface area contributed by atoms with Crippen molar-refractivity contribution < 1.29 is 4.39 Å². The lowest BCUT2D eigenvalue weighted by atomic mass is 10.1. The zero-order valence-electron chi connectivity index (χ0n) is 11.1. The largest absolute Gasteiger partial charge is 0.369 e. The second kappa shape index (κ2) is 4.49. The molecule has 0 radical (unpaired) electrons. The fourth-order valence-corrected chi connectivity index (χ4v) is 2.56. The zero-order valence-corrected chi connectivity index (χ0v) is 11.9. The highest BCUT2D eigenvalue weighted by molar-refractivity contribution is 6.31. The van der Waals surface area contributed by atoms with Crippen LogP contribution >= 0.6 is 11.6 Å². The van der Waals surface area contributed by atoms with Crippen molar-refractivity contribution in [2.24, 2.45) is 0 Å². The molecule has 0 aliphatic carbocycles. The predicted octanol–water partition coefficient (Wildman–Crippen LogP) is 4.02. The van der Waals surface area contributed by atoms with Crippen LogP contribution in [0.2, 0.25) is 5.02 Å². The molecule has 0 aliphatic heterocycles. The highest BCUT2D eigenvalue weighted by Gasteiger charge is 2.14. The second-order valence-corrected chi connectivity index (χ2v) is 5.26. The summed E-state index contributed by atoms with van der Waals surface area (Å²) in [6.45, 7) is 4.02. The van der Waals surface area contributed by atoms with Gasteiger partial charge in [0.15, 0.2) is 0 Å². The Kier molecular flexibility index (Phi) is 2.91. The van der Waals surface area contributed by atoms with Gasteiger partial charge in [-0.1, -0.05) is 29.3 Å². The topological polar surface area (TPSA) is 43.8 Å². The van der Waals surface area contributed by atoms with Gasteiger partial charge < -0.3 is 5.73 Å². The first-order chi connectivity index (χ1) is 9.47. The van der Waals surface area contributed by atoms with E-state index >= 15 is 0 Å². The fourth-order valence-electron chi connectivity index (χ4n) is 2.40. The summed E-state index contributed by atoms with van der Waals surface area (Å²) in [4.78, 5) is 4.20. The van der Waals surface area contributed by atoms with Gasteiger partial charge in [-0.15, -0.1) is 0 Å². The molecule has 3 aromatic rings. The van der Waals surface area contributed by atoms with Crippen LogP contribution in [0.15, 0.2) is 30.3 Å². The lowest BCUT2D eigenvalue weighted by molar-refractivity contribution is 0.630. The average Bonchev–Trinajstić information content (AvgIpc) is 2.66. The van der Waals surface area contributed by atoms with Crippen molar-refractivity contribution in [3.05, 3.63) is 52.3 Å². The van der Waals surface area contributed by atoms with E-state index in [9.17, 15) is 4.39 Å². The first kappa shape index (κ1) is 12.9. The van der Waals surface area contributed by atoms with E-state index in [1.165, 1.54) is 11.6 Å². The molecule has 0 spiro atoms. The number of aryl methyl sites for hydroxylation is 2. The molecule has 0 aliphatic rings. The van der Waals surface area contributed by atoms with Crippen LogP contribution < -0.4 is 5.73 Å². The van der Waals surface area contributed by atoms with Crippen LogP contribution in [0.5, 0.6) is 0 Å². The third-order valence-corrected chi connectivity index (χ3v) is 3.61. The van der Waals surface area contributed by atoms with Gasteiger partial charge in [-0.25, -0.2) is 9.37 Å². The number of hydrogen-bond donors (Lipinski definition) is 1. The third kappa shape index (κ3) is 1.93. The van der Waals surface area contributed by atoms with Crippen LogP contribution in [0, 0.1) is 19.7 Å². The Morgan fingerprint density at radius 2 is 1.95 bits per heavy atom. The standard InChI is InChI=1S/C15H13ClFN3/c1-8-3-4-13(9(2)5-8)20-14-6-10(16)11(17)7-12(14)19-15(20)18/h3-7H,1-2H3,(H2,18,19). The minimum absolute atomic E-state index is 0.0587. The quantitative estimate of drug-likeness (QED) is 0.735. The Hall–Kier alpha value is -2.07. The van der Waals surface area contributed by atoms with Crippen molar-refractivity contribution in [3.63, 3.8) is 0 Å². The number of benzene rings is 2. The van der Waals surface area contributed by atoms with Gasteiger partial charge in [0.2, 0.25) is 5.95 Å². The van der Waals surface area contributed by atoms with E-state index in [0.717, 1.165) is 11.3 Å². The highest BCUT2D eigenvalue weighted by atomic mass is 35.5. The molecule has 0 bridgehead atoms. The van der Waals surface area contributed by atoms with Gasteiger partial charge in [0, 0.05) is 6.07 Å². The lowest BCUT2D eigenvalue weighted by Gasteiger charge is -2.11. The first-order valence-electron chi connectivity index (χ1n) is 6.18. The van der Waals surface area contributed by atoms with Crippen molar-refractivity contribution in [1.29, 1.82) is 0 Å². The smallest absolute Gasteiger partial charge is 0.205 e. The van der Waals surface area contributed by atoms with Crippen LogP contribution in [0.3, 0.4) is 0 Å². The summed E-state index contributed by atoms with van der Waals surface area (Å²) in [7, 11) is 0. The molecule has 102 valence electrons. The summed E-state index contributed by atoms with van der Waals surface area (Å²) in [6, 6.07) is 8.88. The number of anilines is 1. The van der Waals surface area contributed by atoms with Crippen LogP contribution in [0.1, 0.15) is 11.1 Å². The van der Waals surface area contributed by atoms with Crippen molar-refractivity contribution >= 4 is 28.6 Å². The van der Waals surface area contributed by atoms with Gasteiger partial charge in [-0.3, -0.25) is 4.57 Å². The number of fused-ring (bicyclic) bond motifs is 1. The average molecular weight is 290 g/mol. The summed E-state index contributed by atoms with van der Waals surface area (Å²) in [5.74, 6) is -0.182. The van der Waals surface area contributed by atoms with E-state index < -0.39 is 5.82 Å². The number of halogens is 2. The maximum atomic E-state index is 13.5. The Balaban J connectivity index is 2.35. The van der Waals surface area contributed by atoms with Gasteiger partial charge in [0.05, 0.1) is 21.7 Å². The Morgan fingerprint density at radius 1 is 1.20 bits per heavy atom. The van der Waals surface area contributed by atoms with Crippen LogP contribution in [-0.4, -0.2) is 9.55 Å². The van der Waals surface area contributed by atoms with Crippen molar-refractivity contribution in [2.45, 2.75) is 13.8 Å². The van der Waals surface area contributed by atoms with Gasteiger partial charge in [0.1, 0.15) is 5.82 Å². The normalized spacial score (nSPS) is 11.2. The predicted molar refractivity (Wildman–Crippen MR) is 79.9 cm³/mol. The maximum absolute atomic E-state index is 13.5. The first-order valence-corrected chi connectivity index (χ1v) is 6.56. The van der Waals surface area contributed by atoms with Crippen molar-refractivity contribution in [1.82, 2.24) is 9.55 Å². The molecule has 3 rings (SSSR count). The van der Waals surface area contributed by atoms with E-state index in [-0.39, 0.29) is 5.02 Å². The molecule has 5 heteroatoms. The summed E-state index contributed by atoms with van der Waals surface area (Å²) in [5, 5.41) is 0.0587. The van der Waals surface area contributed by atoms with E-state index in [4.69, 9.17) is 17.3 Å².